The maximum absolute atomic E-state index is 12.8. The van der Waals surface area contributed by atoms with E-state index in [-0.39, 0.29) is 4.90 Å². The molecule has 9 nitrogen and oxygen atoms in total. The second-order valence-corrected chi connectivity index (χ2v) is 9.22. The molecule has 1 N–H and O–H groups in total. The van der Waals surface area contributed by atoms with Crippen LogP contribution in [0.2, 0.25) is 0 Å². The summed E-state index contributed by atoms with van der Waals surface area (Å²) in [7, 11) is -1.99. The fourth-order valence-electron chi connectivity index (χ4n) is 3.45. The number of pyridine rings is 1. The highest BCUT2D eigenvalue weighted by molar-refractivity contribution is 7.92. The van der Waals surface area contributed by atoms with Gasteiger partial charge in [0, 0.05) is 30.6 Å². The normalized spacial score (nSPS) is 11.3. The molecular formula is C24H17N7O2S. The summed E-state index contributed by atoms with van der Waals surface area (Å²) in [6, 6.07) is 13.1. The Hall–Kier alpha value is -4.62. The number of hydrogen-bond acceptors (Lipinski definition) is 6. The third-order valence-corrected chi connectivity index (χ3v) is 6.54. The number of nitrogens with zero attached hydrogens (tertiary/aromatic N) is 6. The van der Waals surface area contributed by atoms with Gasteiger partial charge in [-0.2, -0.15) is 5.10 Å². The van der Waals surface area contributed by atoms with Crippen LogP contribution in [0.3, 0.4) is 0 Å². The van der Waals surface area contributed by atoms with Crippen molar-refractivity contribution in [3.8, 4) is 22.4 Å². The Bertz CT molecular complexity index is 1670. The minimum Gasteiger partial charge on any atom is -0.278 e. The Balaban J connectivity index is 1.46. The summed E-state index contributed by atoms with van der Waals surface area (Å²) in [6.07, 6.45) is 8.40. The van der Waals surface area contributed by atoms with E-state index in [1.165, 1.54) is 30.5 Å². The zero-order valence-corrected chi connectivity index (χ0v) is 18.7. The molecule has 0 fully saturated rings. The Labute approximate surface area is 195 Å². The SMILES string of the molecule is [C-]#[N+]c1ccc(S(=O)(=O)Nc2cncc(-c3ccc4ncc(-c5cnn(C)c5)nc4c3)c2)cc1. The first-order valence-corrected chi connectivity index (χ1v) is 11.6. The summed E-state index contributed by atoms with van der Waals surface area (Å²) in [5, 5.41) is 4.18. The molecule has 0 saturated carbocycles. The van der Waals surface area contributed by atoms with E-state index < -0.39 is 10.0 Å². The summed E-state index contributed by atoms with van der Waals surface area (Å²) in [5.41, 5.74) is 5.25. The van der Waals surface area contributed by atoms with Gasteiger partial charge in [-0.1, -0.05) is 30.3 Å². The van der Waals surface area contributed by atoms with Crippen molar-refractivity contribution in [1.82, 2.24) is 24.7 Å². The van der Waals surface area contributed by atoms with Crippen molar-refractivity contribution in [2.24, 2.45) is 7.05 Å². The third-order valence-electron chi connectivity index (χ3n) is 5.14. The molecule has 0 atom stereocenters. The van der Waals surface area contributed by atoms with Crippen LogP contribution in [0.25, 0.3) is 38.3 Å². The molecule has 0 radical (unpaired) electrons. The number of rotatable bonds is 5. The van der Waals surface area contributed by atoms with Gasteiger partial charge in [0.25, 0.3) is 10.0 Å². The standard InChI is InChI=1S/C24H17N7O2S/c1-25-19-4-6-21(7-5-19)34(32,33)30-20-9-17(11-26-13-20)16-3-8-22-23(10-16)29-24(14-27-22)18-12-28-31(2)15-18/h3-15,30H,2H3. The molecule has 166 valence electrons. The largest absolute Gasteiger partial charge is 0.278 e. The molecule has 0 aliphatic heterocycles. The van der Waals surface area contributed by atoms with Gasteiger partial charge in [0.05, 0.1) is 52.5 Å². The van der Waals surface area contributed by atoms with E-state index in [4.69, 9.17) is 11.6 Å². The van der Waals surface area contributed by atoms with Gasteiger partial charge in [-0.15, -0.1) is 0 Å². The van der Waals surface area contributed by atoms with Crippen molar-refractivity contribution in [2.45, 2.75) is 4.90 Å². The highest BCUT2D eigenvalue weighted by Crippen LogP contribution is 2.27. The number of fused-ring (bicyclic) bond motifs is 1. The first-order chi connectivity index (χ1) is 16.4. The van der Waals surface area contributed by atoms with E-state index in [0.717, 1.165) is 22.2 Å². The molecule has 0 bridgehead atoms. The Morgan fingerprint density at radius 1 is 0.912 bits per heavy atom. The number of benzene rings is 2. The second-order valence-electron chi connectivity index (χ2n) is 7.53. The topological polar surface area (TPSA) is 107 Å². The lowest BCUT2D eigenvalue weighted by Gasteiger charge is -2.10. The number of anilines is 1. The van der Waals surface area contributed by atoms with Gasteiger partial charge in [0.2, 0.25) is 0 Å². The molecule has 0 unspecified atom stereocenters. The van der Waals surface area contributed by atoms with Crippen LogP contribution >= 0.6 is 0 Å². The summed E-state index contributed by atoms with van der Waals surface area (Å²) < 4.78 is 29.8. The lowest BCUT2D eigenvalue weighted by atomic mass is 10.1. The molecule has 0 saturated heterocycles. The number of sulfonamides is 1. The van der Waals surface area contributed by atoms with Gasteiger partial charge in [-0.25, -0.2) is 18.2 Å². The summed E-state index contributed by atoms with van der Waals surface area (Å²) in [4.78, 5) is 16.7. The van der Waals surface area contributed by atoms with Crippen LogP contribution in [0.1, 0.15) is 0 Å². The van der Waals surface area contributed by atoms with Gasteiger partial charge in [0.15, 0.2) is 5.69 Å². The van der Waals surface area contributed by atoms with Gasteiger partial charge >= 0.3 is 0 Å². The van der Waals surface area contributed by atoms with Gasteiger partial charge < -0.3 is 0 Å². The number of aryl methyl sites for hydroxylation is 1. The average molecular weight is 468 g/mol. The monoisotopic (exact) mass is 467 g/mol. The zero-order chi connectivity index (χ0) is 23.7. The Morgan fingerprint density at radius 2 is 1.74 bits per heavy atom. The lowest BCUT2D eigenvalue weighted by molar-refractivity contribution is 0.601. The predicted octanol–water partition coefficient (Wildman–Crippen LogP) is 4.44. The second kappa shape index (κ2) is 8.38. The van der Waals surface area contributed by atoms with Gasteiger partial charge in [-0.05, 0) is 23.8 Å². The molecule has 0 aliphatic carbocycles. The van der Waals surface area contributed by atoms with Crippen molar-refractivity contribution >= 4 is 32.4 Å². The smallest absolute Gasteiger partial charge is 0.261 e. The van der Waals surface area contributed by atoms with Crippen molar-refractivity contribution in [3.63, 3.8) is 0 Å². The first-order valence-electron chi connectivity index (χ1n) is 10.1. The van der Waals surface area contributed by atoms with Crippen LogP contribution in [0.4, 0.5) is 11.4 Å². The quantitative estimate of drug-likeness (QED) is 0.383. The van der Waals surface area contributed by atoms with E-state index >= 15 is 0 Å². The van der Waals surface area contributed by atoms with Crippen LogP contribution in [-0.2, 0) is 17.1 Å². The molecule has 3 heterocycles. The maximum atomic E-state index is 12.8. The van der Waals surface area contributed by atoms with E-state index in [1.807, 2.05) is 31.4 Å². The minimum atomic E-state index is -3.83. The van der Waals surface area contributed by atoms with Crippen LogP contribution in [-0.4, -0.2) is 33.2 Å². The lowest BCUT2D eigenvalue weighted by Crippen LogP contribution is -2.13. The van der Waals surface area contributed by atoms with Crippen LogP contribution in [0.5, 0.6) is 0 Å². The fourth-order valence-corrected chi connectivity index (χ4v) is 4.49. The summed E-state index contributed by atoms with van der Waals surface area (Å²) in [6.45, 7) is 7.00. The molecule has 0 amide bonds. The minimum absolute atomic E-state index is 0.0641. The maximum Gasteiger partial charge on any atom is 0.261 e. The first kappa shape index (κ1) is 21.2. The molecule has 10 heteroatoms. The number of hydrogen-bond donors (Lipinski definition) is 1. The van der Waals surface area contributed by atoms with Crippen molar-refractivity contribution < 1.29 is 8.42 Å². The van der Waals surface area contributed by atoms with E-state index in [9.17, 15) is 8.42 Å². The van der Waals surface area contributed by atoms with Crippen LogP contribution in [0.15, 0.2) is 84.4 Å². The van der Waals surface area contributed by atoms with E-state index in [0.29, 0.717) is 22.6 Å². The highest BCUT2D eigenvalue weighted by Gasteiger charge is 2.15. The zero-order valence-electron chi connectivity index (χ0n) is 17.9. The van der Waals surface area contributed by atoms with E-state index in [2.05, 4.69) is 24.6 Å². The molecule has 5 aromatic rings. The number of nitrogens with one attached hydrogen (secondary N) is 1. The van der Waals surface area contributed by atoms with Crippen LogP contribution < -0.4 is 4.72 Å². The van der Waals surface area contributed by atoms with Crippen molar-refractivity contribution in [3.05, 3.63) is 90.9 Å². The average Bonchev–Trinajstić information content (AvgIpc) is 3.29. The molecule has 2 aromatic carbocycles. The summed E-state index contributed by atoms with van der Waals surface area (Å²) >= 11 is 0. The molecular weight excluding hydrogens is 450 g/mol. The molecule has 34 heavy (non-hydrogen) atoms. The third kappa shape index (κ3) is 4.20. The van der Waals surface area contributed by atoms with Crippen molar-refractivity contribution in [1.29, 1.82) is 0 Å². The fraction of sp³-hybridized carbons (Fsp3) is 0.0417. The van der Waals surface area contributed by atoms with Crippen LogP contribution in [0, 0.1) is 6.57 Å². The summed E-state index contributed by atoms with van der Waals surface area (Å²) in [5.74, 6) is 0. The van der Waals surface area contributed by atoms with Gasteiger partial charge in [0.1, 0.15) is 0 Å². The van der Waals surface area contributed by atoms with E-state index in [1.54, 1.807) is 29.3 Å². The predicted molar refractivity (Wildman–Crippen MR) is 128 cm³/mol. The van der Waals surface area contributed by atoms with Crippen molar-refractivity contribution in [2.75, 3.05) is 4.72 Å². The molecule has 5 rings (SSSR count). The molecule has 3 aromatic heterocycles. The highest BCUT2D eigenvalue weighted by atomic mass is 32.2. The Morgan fingerprint density at radius 3 is 2.47 bits per heavy atom. The number of aromatic nitrogens is 5. The molecule has 0 spiro atoms. The molecule has 0 aliphatic rings. The Kier molecular flexibility index (Phi) is 5.24. The van der Waals surface area contributed by atoms with Gasteiger partial charge in [-0.3, -0.25) is 19.4 Å².